The lowest BCUT2D eigenvalue weighted by molar-refractivity contribution is 0.249. The summed E-state index contributed by atoms with van der Waals surface area (Å²) >= 11 is 6.05. The van der Waals surface area contributed by atoms with Gasteiger partial charge in [0, 0.05) is 11.6 Å². The lowest BCUT2D eigenvalue weighted by Crippen LogP contribution is -2.28. The zero-order valence-corrected chi connectivity index (χ0v) is 15.7. The molecule has 0 aliphatic carbocycles. The second-order valence-electron chi connectivity index (χ2n) is 6.37. The van der Waals surface area contributed by atoms with E-state index in [0.717, 1.165) is 36.4 Å². The van der Waals surface area contributed by atoms with Crippen LogP contribution in [0.5, 0.6) is 0 Å². The van der Waals surface area contributed by atoms with Gasteiger partial charge in [-0.25, -0.2) is 4.98 Å². The molecule has 0 saturated carbocycles. The van der Waals surface area contributed by atoms with Crippen LogP contribution < -0.4 is 0 Å². The number of aryl methyl sites for hydroxylation is 1. The van der Waals surface area contributed by atoms with Gasteiger partial charge in [0.05, 0.1) is 11.0 Å². The molecule has 0 radical (unpaired) electrons. The van der Waals surface area contributed by atoms with E-state index in [-0.39, 0.29) is 6.61 Å². The molecule has 0 aliphatic heterocycles. The maximum Gasteiger partial charge on any atom is 0.135 e. The van der Waals surface area contributed by atoms with Gasteiger partial charge in [0.15, 0.2) is 0 Å². The minimum Gasteiger partial charge on any atom is -0.388 e. The second-order valence-corrected chi connectivity index (χ2v) is 6.81. The molecule has 0 amide bonds. The van der Waals surface area contributed by atoms with Gasteiger partial charge in [0.2, 0.25) is 0 Å². The Morgan fingerprint density at radius 2 is 1.75 bits per heavy atom. The second kappa shape index (κ2) is 10.0. The van der Waals surface area contributed by atoms with Crippen LogP contribution in [0.1, 0.15) is 51.8 Å². The number of rotatable bonds is 11. The number of imidazole rings is 1. The van der Waals surface area contributed by atoms with Crippen molar-refractivity contribution in [2.75, 3.05) is 19.6 Å². The summed E-state index contributed by atoms with van der Waals surface area (Å²) < 4.78 is 2.13. The Balaban J connectivity index is 2.00. The van der Waals surface area contributed by atoms with E-state index in [2.05, 4.69) is 28.3 Å². The van der Waals surface area contributed by atoms with Crippen LogP contribution in [0.3, 0.4) is 0 Å². The predicted octanol–water partition coefficient (Wildman–Crippen LogP) is 4.47. The average Bonchev–Trinajstić information content (AvgIpc) is 2.93. The van der Waals surface area contributed by atoms with Gasteiger partial charge in [-0.05, 0) is 57.1 Å². The Bertz CT molecular complexity index is 618. The smallest absolute Gasteiger partial charge is 0.135 e. The summed E-state index contributed by atoms with van der Waals surface area (Å²) in [6.45, 7) is 8.79. The number of fused-ring (bicyclic) bond motifs is 1. The number of aromatic nitrogens is 2. The van der Waals surface area contributed by atoms with Crippen LogP contribution in [-0.4, -0.2) is 39.2 Å². The third-order valence-electron chi connectivity index (χ3n) is 4.44. The molecule has 134 valence electrons. The van der Waals surface area contributed by atoms with Gasteiger partial charge in [-0.3, -0.25) is 0 Å². The molecule has 5 heteroatoms. The van der Waals surface area contributed by atoms with Crippen molar-refractivity contribution in [3.05, 3.63) is 29.0 Å². The molecular formula is C19H30ClN3O. The minimum atomic E-state index is -0.0400. The van der Waals surface area contributed by atoms with E-state index in [1.165, 1.54) is 38.8 Å². The van der Waals surface area contributed by atoms with E-state index in [1.807, 2.05) is 18.2 Å². The summed E-state index contributed by atoms with van der Waals surface area (Å²) in [5.41, 5.74) is 1.91. The molecule has 0 unspecified atom stereocenters. The molecule has 1 heterocycles. The first-order valence-corrected chi connectivity index (χ1v) is 9.55. The number of benzene rings is 1. The monoisotopic (exact) mass is 351 g/mol. The van der Waals surface area contributed by atoms with Crippen LogP contribution in [-0.2, 0) is 13.2 Å². The minimum absolute atomic E-state index is 0.0400. The first-order chi connectivity index (χ1) is 11.7. The van der Waals surface area contributed by atoms with E-state index in [0.29, 0.717) is 5.02 Å². The molecule has 0 saturated heterocycles. The van der Waals surface area contributed by atoms with Gasteiger partial charge in [-0.2, -0.15) is 0 Å². The van der Waals surface area contributed by atoms with Crippen LogP contribution >= 0.6 is 11.6 Å². The Kier molecular flexibility index (Phi) is 8.03. The van der Waals surface area contributed by atoms with Gasteiger partial charge in [0.25, 0.3) is 0 Å². The number of nitrogens with zero attached hydrogens (tertiary/aromatic N) is 3. The Morgan fingerprint density at radius 1 is 1.08 bits per heavy atom. The van der Waals surface area contributed by atoms with E-state index < -0.39 is 0 Å². The lowest BCUT2D eigenvalue weighted by Gasteiger charge is -2.22. The Hall–Kier alpha value is -1.10. The van der Waals surface area contributed by atoms with E-state index >= 15 is 0 Å². The predicted molar refractivity (Wildman–Crippen MR) is 102 cm³/mol. The average molecular weight is 352 g/mol. The normalized spacial score (nSPS) is 11.7. The van der Waals surface area contributed by atoms with Gasteiger partial charge < -0.3 is 14.6 Å². The van der Waals surface area contributed by atoms with Crippen molar-refractivity contribution in [1.82, 2.24) is 14.5 Å². The fourth-order valence-corrected chi connectivity index (χ4v) is 3.24. The first-order valence-electron chi connectivity index (χ1n) is 9.17. The van der Waals surface area contributed by atoms with E-state index in [1.54, 1.807) is 0 Å². The fraction of sp³-hybridized carbons (Fsp3) is 0.632. The number of unbranched alkanes of at least 4 members (excludes halogenated alkanes) is 2. The third-order valence-corrected chi connectivity index (χ3v) is 4.68. The zero-order valence-electron chi connectivity index (χ0n) is 15.0. The quantitative estimate of drug-likeness (QED) is 0.649. The Labute approximate surface area is 150 Å². The SMILES string of the molecule is CCCCN(CCCC)CCCn1c(CO)nc2cc(Cl)ccc21. The highest BCUT2D eigenvalue weighted by molar-refractivity contribution is 6.31. The molecular weight excluding hydrogens is 322 g/mol. The summed E-state index contributed by atoms with van der Waals surface area (Å²) in [6, 6.07) is 5.75. The number of aliphatic hydroxyl groups excluding tert-OH is 1. The van der Waals surface area contributed by atoms with Gasteiger partial charge in [0.1, 0.15) is 12.4 Å². The maximum atomic E-state index is 9.60. The number of hydrogen-bond donors (Lipinski definition) is 1. The molecule has 2 aromatic rings. The largest absolute Gasteiger partial charge is 0.388 e. The maximum absolute atomic E-state index is 9.60. The zero-order chi connectivity index (χ0) is 17.4. The van der Waals surface area contributed by atoms with Crippen LogP contribution in [0, 0.1) is 0 Å². The molecule has 0 aliphatic rings. The topological polar surface area (TPSA) is 41.3 Å². The molecule has 0 atom stereocenters. The number of halogens is 1. The molecule has 0 fully saturated rings. The molecule has 0 bridgehead atoms. The lowest BCUT2D eigenvalue weighted by atomic mass is 10.2. The highest BCUT2D eigenvalue weighted by Gasteiger charge is 2.11. The summed E-state index contributed by atoms with van der Waals surface area (Å²) in [7, 11) is 0. The van der Waals surface area contributed by atoms with E-state index in [9.17, 15) is 5.11 Å². The molecule has 1 aromatic heterocycles. The molecule has 2 rings (SSSR count). The van der Waals surface area contributed by atoms with Crippen LogP contribution in [0.4, 0.5) is 0 Å². The van der Waals surface area contributed by atoms with Crippen molar-refractivity contribution in [2.24, 2.45) is 0 Å². The fourth-order valence-electron chi connectivity index (χ4n) is 3.07. The van der Waals surface area contributed by atoms with Crippen molar-refractivity contribution in [3.63, 3.8) is 0 Å². The van der Waals surface area contributed by atoms with Crippen LogP contribution in [0.25, 0.3) is 11.0 Å². The van der Waals surface area contributed by atoms with Crippen molar-refractivity contribution in [3.8, 4) is 0 Å². The van der Waals surface area contributed by atoms with Gasteiger partial charge in [-0.1, -0.05) is 38.3 Å². The summed E-state index contributed by atoms with van der Waals surface area (Å²) in [5, 5.41) is 10.3. The standard InChI is InChI=1S/C19H30ClN3O/c1-3-5-10-22(11-6-4-2)12-7-13-23-18-9-8-16(20)14-17(18)21-19(23)15-24/h8-9,14,24H,3-7,10-13,15H2,1-2H3. The van der Waals surface area contributed by atoms with Crippen LogP contribution in [0.2, 0.25) is 5.02 Å². The molecule has 1 aromatic carbocycles. The molecule has 0 spiro atoms. The van der Waals surface area contributed by atoms with Crippen molar-refractivity contribution in [2.45, 2.75) is 59.1 Å². The van der Waals surface area contributed by atoms with Gasteiger partial charge >= 0.3 is 0 Å². The summed E-state index contributed by atoms with van der Waals surface area (Å²) in [4.78, 5) is 7.07. The Morgan fingerprint density at radius 3 is 2.38 bits per heavy atom. The molecule has 4 nitrogen and oxygen atoms in total. The number of aliphatic hydroxyl groups is 1. The highest BCUT2D eigenvalue weighted by atomic mass is 35.5. The van der Waals surface area contributed by atoms with Crippen molar-refractivity contribution < 1.29 is 5.11 Å². The van der Waals surface area contributed by atoms with Crippen molar-refractivity contribution in [1.29, 1.82) is 0 Å². The summed E-state index contributed by atoms with van der Waals surface area (Å²) in [6.07, 6.45) is 6.07. The van der Waals surface area contributed by atoms with Crippen molar-refractivity contribution >= 4 is 22.6 Å². The molecule has 1 N–H and O–H groups in total. The highest BCUT2D eigenvalue weighted by Crippen LogP contribution is 2.21. The molecule has 24 heavy (non-hydrogen) atoms. The first kappa shape index (κ1) is 19.2. The van der Waals surface area contributed by atoms with Gasteiger partial charge in [-0.15, -0.1) is 0 Å². The third kappa shape index (κ3) is 5.20. The van der Waals surface area contributed by atoms with Crippen LogP contribution in [0.15, 0.2) is 18.2 Å². The van der Waals surface area contributed by atoms with E-state index in [4.69, 9.17) is 11.6 Å². The number of hydrogen-bond acceptors (Lipinski definition) is 3. The summed E-state index contributed by atoms with van der Waals surface area (Å²) in [5.74, 6) is 0.723.